The largest absolute Gasteiger partial charge is 0.332 e. The third kappa shape index (κ3) is 3.13. The van der Waals surface area contributed by atoms with Crippen LogP contribution < -0.4 is 0 Å². The Bertz CT molecular complexity index is 903. The Kier molecular flexibility index (Phi) is 3.76. The van der Waals surface area contributed by atoms with Crippen molar-refractivity contribution in [3.63, 3.8) is 0 Å². The van der Waals surface area contributed by atoms with Crippen molar-refractivity contribution >= 4 is 5.91 Å². The summed E-state index contributed by atoms with van der Waals surface area (Å²) < 4.78 is 1.54. The quantitative estimate of drug-likeness (QED) is 0.731. The number of hydrogen-bond donors (Lipinski definition) is 0. The van der Waals surface area contributed by atoms with Crippen LogP contribution >= 0.6 is 0 Å². The van der Waals surface area contributed by atoms with Crippen molar-refractivity contribution < 1.29 is 4.79 Å². The Morgan fingerprint density at radius 2 is 1.72 bits per heavy atom. The number of nitrogens with zero attached hydrogens (tertiary/aromatic N) is 6. The zero-order valence-electron chi connectivity index (χ0n) is 14.2. The van der Waals surface area contributed by atoms with Gasteiger partial charge in [-0.15, -0.1) is 5.10 Å². The monoisotopic (exact) mass is 334 g/mol. The number of fused-ring (bicyclic) bond motifs is 1. The predicted octanol–water partition coefficient (Wildman–Crippen LogP) is 1.89. The number of aromatic nitrogens is 5. The van der Waals surface area contributed by atoms with E-state index in [-0.39, 0.29) is 12.5 Å². The maximum Gasteiger partial charge on any atom is 0.244 e. The van der Waals surface area contributed by atoms with Gasteiger partial charge < -0.3 is 4.90 Å². The molecule has 25 heavy (non-hydrogen) atoms. The second-order valence-electron chi connectivity index (χ2n) is 6.29. The molecule has 0 spiro atoms. The summed E-state index contributed by atoms with van der Waals surface area (Å²) >= 11 is 0. The molecule has 126 valence electrons. The van der Waals surface area contributed by atoms with Gasteiger partial charge in [0.1, 0.15) is 12.2 Å². The van der Waals surface area contributed by atoms with Crippen LogP contribution in [-0.4, -0.2) is 35.8 Å². The number of carbonyl (C=O) groups excluding carboxylic acids is 1. The molecule has 0 N–H and O–H groups in total. The normalized spacial score (nSPS) is 13.1. The summed E-state index contributed by atoms with van der Waals surface area (Å²) in [6.45, 7) is 5.29. The van der Waals surface area contributed by atoms with Crippen LogP contribution in [0.3, 0.4) is 0 Å². The van der Waals surface area contributed by atoms with E-state index in [1.807, 2.05) is 36.9 Å². The summed E-state index contributed by atoms with van der Waals surface area (Å²) in [6, 6.07) is 10.0. The number of carbonyl (C=O) groups is 1. The lowest BCUT2D eigenvalue weighted by Crippen LogP contribution is -2.29. The smallest absolute Gasteiger partial charge is 0.244 e. The molecule has 3 aromatic rings. The Morgan fingerprint density at radius 1 is 1.08 bits per heavy atom. The average molecular weight is 334 g/mol. The molecule has 0 bridgehead atoms. The molecule has 1 aromatic carbocycles. The Hall–Kier alpha value is -3.09. The number of amides is 1. The van der Waals surface area contributed by atoms with E-state index in [1.54, 1.807) is 10.9 Å². The summed E-state index contributed by atoms with van der Waals surface area (Å²) in [5.41, 5.74) is 4.74. The predicted molar refractivity (Wildman–Crippen MR) is 91.2 cm³/mol. The SMILES string of the molecule is Cc1cc(C)nc(-c2cn(CC(=O)N3Cc4ccccc4C3)nn2)n1. The number of benzene rings is 1. The highest BCUT2D eigenvalue weighted by Gasteiger charge is 2.23. The standard InChI is InChI=1S/C18H18N6O/c1-12-7-13(2)20-18(19-12)16-10-24(22-21-16)11-17(25)23-8-14-5-3-4-6-15(14)9-23/h3-7,10H,8-9,11H2,1-2H3. The number of hydrogen-bond acceptors (Lipinski definition) is 5. The highest BCUT2D eigenvalue weighted by Crippen LogP contribution is 2.22. The third-order valence-electron chi connectivity index (χ3n) is 4.24. The molecule has 0 saturated heterocycles. The second-order valence-corrected chi connectivity index (χ2v) is 6.29. The van der Waals surface area contributed by atoms with Crippen molar-refractivity contribution in [3.8, 4) is 11.5 Å². The summed E-state index contributed by atoms with van der Waals surface area (Å²) in [7, 11) is 0. The van der Waals surface area contributed by atoms with Gasteiger partial charge in [-0.25, -0.2) is 14.6 Å². The Morgan fingerprint density at radius 3 is 2.36 bits per heavy atom. The molecule has 3 heterocycles. The first-order valence-corrected chi connectivity index (χ1v) is 8.16. The van der Waals surface area contributed by atoms with Gasteiger partial charge in [-0.2, -0.15) is 0 Å². The van der Waals surface area contributed by atoms with E-state index in [0.717, 1.165) is 11.4 Å². The second kappa shape index (κ2) is 6.08. The van der Waals surface area contributed by atoms with Crippen LogP contribution in [0.25, 0.3) is 11.5 Å². The fraction of sp³-hybridized carbons (Fsp3) is 0.278. The molecule has 0 fully saturated rings. The molecule has 1 aliphatic rings. The van der Waals surface area contributed by atoms with Crippen molar-refractivity contribution in [2.75, 3.05) is 0 Å². The van der Waals surface area contributed by atoms with Gasteiger partial charge in [0.15, 0.2) is 5.82 Å². The summed E-state index contributed by atoms with van der Waals surface area (Å²) in [5, 5.41) is 8.16. The van der Waals surface area contributed by atoms with Crippen LogP contribution in [0.4, 0.5) is 0 Å². The first-order valence-electron chi connectivity index (χ1n) is 8.16. The van der Waals surface area contributed by atoms with Gasteiger partial charge >= 0.3 is 0 Å². The van der Waals surface area contributed by atoms with Gasteiger partial charge in [-0.05, 0) is 31.0 Å². The van der Waals surface area contributed by atoms with Gasteiger partial charge in [0.05, 0.1) is 6.20 Å². The van der Waals surface area contributed by atoms with E-state index in [1.165, 1.54) is 11.1 Å². The average Bonchev–Trinajstić information content (AvgIpc) is 3.20. The molecule has 1 aliphatic heterocycles. The van der Waals surface area contributed by atoms with Crippen molar-refractivity contribution in [1.82, 2.24) is 29.9 Å². The lowest BCUT2D eigenvalue weighted by molar-refractivity contribution is -0.132. The van der Waals surface area contributed by atoms with E-state index in [4.69, 9.17) is 0 Å². The van der Waals surface area contributed by atoms with Crippen molar-refractivity contribution in [2.45, 2.75) is 33.5 Å². The highest BCUT2D eigenvalue weighted by molar-refractivity contribution is 5.76. The first-order chi connectivity index (χ1) is 12.1. The fourth-order valence-electron chi connectivity index (χ4n) is 3.07. The van der Waals surface area contributed by atoms with Crippen molar-refractivity contribution in [3.05, 3.63) is 59.0 Å². The topological polar surface area (TPSA) is 76.8 Å². The fourth-order valence-corrected chi connectivity index (χ4v) is 3.07. The molecule has 0 unspecified atom stereocenters. The molecule has 2 aromatic heterocycles. The van der Waals surface area contributed by atoms with Crippen LogP contribution in [0.15, 0.2) is 36.5 Å². The van der Waals surface area contributed by atoms with Crippen LogP contribution in [0.2, 0.25) is 0 Å². The molecule has 7 heteroatoms. The summed E-state index contributed by atoms with van der Waals surface area (Å²) in [6.07, 6.45) is 1.72. The van der Waals surface area contributed by atoms with E-state index < -0.39 is 0 Å². The van der Waals surface area contributed by atoms with Crippen LogP contribution in [0.1, 0.15) is 22.5 Å². The van der Waals surface area contributed by atoms with E-state index in [9.17, 15) is 4.79 Å². The summed E-state index contributed by atoms with van der Waals surface area (Å²) in [4.78, 5) is 23.1. The Balaban J connectivity index is 1.47. The highest BCUT2D eigenvalue weighted by atomic mass is 16.2. The third-order valence-corrected chi connectivity index (χ3v) is 4.24. The minimum atomic E-state index is 0.0222. The molecule has 0 saturated carbocycles. The minimum Gasteiger partial charge on any atom is -0.332 e. The van der Waals surface area contributed by atoms with Gasteiger partial charge in [0.2, 0.25) is 5.91 Å². The molecule has 4 rings (SSSR count). The first kappa shape index (κ1) is 15.4. The van der Waals surface area contributed by atoms with E-state index >= 15 is 0 Å². The maximum atomic E-state index is 12.5. The van der Waals surface area contributed by atoms with Gasteiger partial charge in [-0.1, -0.05) is 29.5 Å². The molecule has 0 atom stereocenters. The zero-order chi connectivity index (χ0) is 17.4. The van der Waals surface area contributed by atoms with Gasteiger partial charge in [0.25, 0.3) is 0 Å². The molecule has 0 radical (unpaired) electrons. The van der Waals surface area contributed by atoms with Crippen LogP contribution in [-0.2, 0) is 24.4 Å². The molecular weight excluding hydrogens is 316 g/mol. The maximum absolute atomic E-state index is 12.5. The van der Waals surface area contributed by atoms with Crippen LogP contribution in [0.5, 0.6) is 0 Å². The number of aryl methyl sites for hydroxylation is 2. The van der Waals surface area contributed by atoms with Crippen LogP contribution in [0, 0.1) is 13.8 Å². The molecule has 0 aliphatic carbocycles. The van der Waals surface area contributed by atoms with Crippen molar-refractivity contribution in [2.24, 2.45) is 0 Å². The lowest BCUT2D eigenvalue weighted by atomic mass is 10.1. The van der Waals surface area contributed by atoms with Gasteiger partial charge in [0, 0.05) is 24.5 Å². The van der Waals surface area contributed by atoms with E-state index in [0.29, 0.717) is 24.6 Å². The molecular formula is C18H18N6O. The van der Waals surface area contributed by atoms with E-state index in [2.05, 4.69) is 32.4 Å². The van der Waals surface area contributed by atoms with Gasteiger partial charge in [-0.3, -0.25) is 4.79 Å². The Labute approximate surface area is 145 Å². The zero-order valence-corrected chi connectivity index (χ0v) is 14.2. The van der Waals surface area contributed by atoms with Crippen molar-refractivity contribution in [1.29, 1.82) is 0 Å². The molecule has 7 nitrogen and oxygen atoms in total. The number of rotatable bonds is 3. The summed E-state index contributed by atoms with van der Waals surface area (Å²) in [5.74, 6) is 0.554. The lowest BCUT2D eigenvalue weighted by Gasteiger charge is -2.14. The molecule has 1 amide bonds. The minimum absolute atomic E-state index is 0.0222.